The van der Waals surface area contributed by atoms with Gasteiger partial charge in [0.2, 0.25) is 0 Å². The molecule has 5 heteroatoms. The third-order valence-corrected chi connectivity index (χ3v) is 5.45. The van der Waals surface area contributed by atoms with Gasteiger partial charge in [0.05, 0.1) is 12.0 Å². The van der Waals surface area contributed by atoms with Gasteiger partial charge in [-0.05, 0) is 31.6 Å². The Bertz CT molecular complexity index is 391. The average Bonchev–Trinajstić information content (AvgIpc) is 2.83. The number of rotatable bonds is 4. The molecule has 2 saturated carbocycles. The summed E-state index contributed by atoms with van der Waals surface area (Å²) >= 11 is 0. The Morgan fingerprint density at radius 1 is 1.19 bits per heavy atom. The minimum Gasteiger partial charge on any atom is -0.481 e. The third kappa shape index (κ3) is 3.69. The van der Waals surface area contributed by atoms with Crippen molar-refractivity contribution in [3.8, 4) is 0 Å². The van der Waals surface area contributed by atoms with E-state index in [0.29, 0.717) is 5.92 Å². The maximum Gasteiger partial charge on any atom is 0.317 e. The van der Waals surface area contributed by atoms with Gasteiger partial charge in [0.25, 0.3) is 0 Å². The first-order valence-corrected chi connectivity index (χ1v) is 8.21. The third-order valence-electron chi connectivity index (χ3n) is 5.45. The minimum atomic E-state index is -0.814. The zero-order valence-corrected chi connectivity index (χ0v) is 13.2. The summed E-state index contributed by atoms with van der Waals surface area (Å²) < 4.78 is 0. The molecule has 2 fully saturated rings. The van der Waals surface area contributed by atoms with E-state index >= 15 is 0 Å². The number of nitrogens with one attached hydrogen (secondary N) is 1. The summed E-state index contributed by atoms with van der Waals surface area (Å²) in [5, 5.41) is 12.3. The zero-order valence-electron chi connectivity index (χ0n) is 13.2. The van der Waals surface area contributed by atoms with Gasteiger partial charge >= 0.3 is 12.0 Å². The van der Waals surface area contributed by atoms with E-state index in [0.717, 1.165) is 51.4 Å². The van der Waals surface area contributed by atoms with Gasteiger partial charge in [0, 0.05) is 13.1 Å². The van der Waals surface area contributed by atoms with E-state index in [1.165, 1.54) is 0 Å². The predicted molar refractivity (Wildman–Crippen MR) is 81.2 cm³/mol. The van der Waals surface area contributed by atoms with Crippen LogP contribution < -0.4 is 5.32 Å². The van der Waals surface area contributed by atoms with Crippen molar-refractivity contribution < 1.29 is 14.7 Å². The summed E-state index contributed by atoms with van der Waals surface area (Å²) in [4.78, 5) is 25.5. The molecule has 2 aliphatic carbocycles. The predicted octanol–water partition coefficient (Wildman–Crippen LogP) is 2.99. The van der Waals surface area contributed by atoms with Crippen LogP contribution in [0.2, 0.25) is 0 Å². The van der Waals surface area contributed by atoms with E-state index in [1.54, 1.807) is 11.9 Å². The van der Waals surface area contributed by atoms with Gasteiger partial charge in [-0.1, -0.05) is 32.6 Å². The number of urea groups is 1. The highest BCUT2D eigenvalue weighted by atomic mass is 16.4. The van der Waals surface area contributed by atoms with Crippen molar-refractivity contribution in [1.29, 1.82) is 0 Å². The van der Waals surface area contributed by atoms with Gasteiger partial charge in [-0.25, -0.2) is 4.79 Å². The Morgan fingerprint density at radius 3 is 2.38 bits per heavy atom. The van der Waals surface area contributed by atoms with E-state index in [-0.39, 0.29) is 18.5 Å². The van der Waals surface area contributed by atoms with Gasteiger partial charge in [-0.3, -0.25) is 4.79 Å². The second-order valence-electron chi connectivity index (χ2n) is 6.88. The van der Waals surface area contributed by atoms with Crippen LogP contribution >= 0.6 is 0 Å². The molecule has 120 valence electrons. The number of carboxylic acid groups (broad SMARTS) is 1. The van der Waals surface area contributed by atoms with Gasteiger partial charge < -0.3 is 15.3 Å². The second kappa shape index (κ2) is 6.67. The number of aliphatic carboxylic acids is 1. The molecular weight excluding hydrogens is 268 g/mol. The molecule has 0 aromatic rings. The molecule has 2 unspecified atom stereocenters. The highest BCUT2D eigenvalue weighted by Gasteiger charge is 2.41. The van der Waals surface area contributed by atoms with Gasteiger partial charge in [-0.15, -0.1) is 0 Å². The fourth-order valence-electron chi connectivity index (χ4n) is 3.95. The number of hydrogen-bond donors (Lipinski definition) is 2. The SMILES string of the molecule is CC1CCCC1NC(=O)N(C)C1(CC(=O)O)CCCCC1. The fraction of sp³-hybridized carbons (Fsp3) is 0.875. The van der Waals surface area contributed by atoms with Crippen LogP contribution in [-0.4, -0.2) is 40.6 Å². The second-order valence-corrected chi connectivity index (χ2v) is 6.88. The van der Waals surface area contributed by atoms with Gasteiger partial charge in [-0.2, -0.15) is 0 Å². The van der Waals surface area contributed by atoms with Crippen molar-refractivity contribution in [2.24, 2.45) is 5.92 Å². The van der Waals surface area contributed by atoms with Gasteiger partial charge in [0.15, 0.2) is 0 Å². The van der Waals surface area contributed by atoms with Crippen molar-refractivity contribution in [2.75, 3.05) is 7.05 Å². The van der Waals surface area contributed by atoms with Crippen LogP contribution in [0.25, 0.3) is 0 Å². The lowest BCUT2D eigenvalue weighted by atomic mass is 9.78. The van der Waals surface area contributed by atoms with E-state index in [4.69, 9.17) is 0 Å². The Balaban J connectivity index is 2.04. The first-order valence-electron chi connectivity index (χ1n) is 8.21. The molecule has 0 heterocycles. The minimum absolute atomic E-state index is 0.0527. The molecule has 21 heavy (non-hydrogen) atoms. The lowest BCUT2D eigenvalue weighted by molar-refractivity contribution is -0.140. The summed E-state index contributed by atoms with van der Waals surface area (Å²) in [5.41, 5.74) is -0.504. The summed E-state index contributed by atoms with van der Waals surface area (Å²) in [5.74, 6) is -0.296. The standard InChI is InChI=1S/C16H28N2O3/c1-12-7-6-8-13(12)17-15(21)18(2)16(11-14(19)20)9-4-3-5-10-16/h12-13H,3-11H2,1-2H3,(H,17,21)(H,19,20). The van der Waals surface area contributed by atoms with E-state index in [1.807, 2.05) is 0 Å². The topological polar surface area (TPSA) is 69.6 Å². The molecule has 0 aromatic carbocycles. The molecular formula is C16H28N2O3. The highest BCUT2D eigenvalue weighted by Crippen LogP contribution is 2.36. The first-order chi connectivity index (χ1) is 9.94. The van der Waals surface area contributed by atoms with Crippen molar-refractivity contribution in [1.82, 2.24) is 10.2 Å². The maximum atomic E-state index is 12.6. The number of carbonyl (C=O) groups is 2. The molecule has 0 radical (unpaired) electrons. The lowest BCUT2D eigenvalue weighted by Gasteiger charge is -2.44. The molecule has 0 aromatic heterocycles. The van der Waals surface area contributed by atoms with E-state index in [9.17, 15) is 14.7 Å². The van der Waals surface area contributed by atoms with Crippen molar-refractivity contribution in [3.63, 3.8) is 0 Å². The van der Waals surface area contributed by atoms with Crippen LogP contribution in [0.4, 0.5) is 4.79 Å². The van der Waals surface area contributed by atoms with Crippen LogP contribution in [0.3, 0.4) is 0 Å². The highest BCUT2D eigenvalue weighted by molar-refractivity contribution is 5.77. The van der Waals surface area contributed by atoms with E-state index in [2.05, 4.69) is 12.2 Å². The summed E-state index contributed by atoms with van der Waals surface area (Å²) in [6, 6.07) is 0.141. The molecule has 0 aliphatic heterocycles. The Hall–Kier alpha value is -1.26. The number of hydrogen-bond acceptors (Lipinski definition) is 2. The Kier molecular flexibility index (Phi) is 5.12. The number of carboxylic acids is 1. The molecule has 0 bridgehead atoms. The van der Waals surface area contributed by atoms with Gasteiger partial charge in [0.1, 0.15) is 0 Å². The smallest absolute Gasteiger partial charge is 0.317 e. The largest absolute Gasteiger partial charge is 0.481 e. The van der Waals surface area contributed by atoms with Crippen LogP contribution in [-0.2, 0) is 4.79 Å². The number of nitrogens with zero attached hydrogens (tertiary/aromatic N) is 1. The molecule has 0 spiro atoms. The van der Waals surface area contributed by atoms with Crippen LogP contribution in [0.5, 0.6) is 0 Å². The summed E-state index contributed by atoms with van der Waals surface area (Å²) in [7, 11) is 1.77. The first kappa shape index (κ1) is 16.1. The fourth-order valence-corrected chi connectivity index (χ4v) is 3.95. The normalized spacial score (nSPS) is 28.1. The van der Waals surface area contributed by atoms with Crippen molar-refractivity contribution in [2.45, 2.75) is 76.3 Å². The van der Waals surface area contributed by atoms with E-state index < -0.39 is 11.5 Å². The summed E-state index contributed by atoms with van der Waals surface area (Å²) in [6.07, 6.45) is 8.15. The average molecular weight is 296 g/mol. The molecule has 5 nitrogen and oxygen atoms in total. The zero-order chi connectivity index (χ0) is 15.5. The quantitative estimate of drug-likeness (QED) is 0.838. The van der Waals surface area contributed by atoms with Crippen LogP contribution in [0.15, 0.2) is 0 Å². The molecule has 2 aliphatic rings. The monoisotopic (exact) mass is 296 g/mol. The number of carbonyl (C=O) groups excluding carboxylic acids is 1. The van der Waals surface area contributed by atoms with Crippen molar-refractivity contribution >= 4 is 12.0 Å². The number of amides is 2. The molecule has 2 atom stereocenters. The Labute approximate surface area is 127 Å². The van der Waals surface area contributed by atoms with Crippen molar-refractivity contribution in [3.05, 3.63) is 0 Å². The molecule has 2 rings (SSSR count). The Morgan fingerprint density at radius 2 is 1.86 bits per heavy atom. The van der Waals surface area contributed by atoms with Crippen LogP contribution in [0.1, 0.15) is 64.7 Å². The lowest BCUT2D eigenvalue weighted by Crippen LogP contribution is -2.56. The molecule has 2 amide bonds. The molecule has 0 saturated heterocycles. The van der Waals surface area contributed by atoms with Crippen LogP contribution in [0, 0.1) is 5.92 Å². The maximum absolute atomic E-state index is 12.6. The summed E-state index contributed by atoms with van der Waals surface area (Å²) in [6.45, 7) is 2.17. The molecule has 2 N–H and O–H groups in total.